The van der Waals surface area contributed by atoms with Crippen LogP contribution < -0.4 is 0 Å². The van der Waals surface area contributed by atoms with Crippen LogP contribution in [0.25, 0.3) is 0 Å². The summed E-state index contributed by atoms with van der Waals surface area (Å²) in [4.78, 5) is 15.3. The molecule has 1 N–H and O–H groups in total. The van der Waals surface area contributed by atoms with E-state index in [0.29, 0.717) is 39.3 Å². The number of hydrogen-bond donors (Lipinski definition) is 1. The van der Waals surface area contributed by atoms with Crippen molar-refractivity contribution in [2.24, 2.45) is 0 Å². The largest absolute Gasteiger partial charge is 0.393 e. The van der Waals surface area contributed by atoms with E-state index >= 15 is 0 Å². The van der Waals surface area contributed by atoms with Crippen LogP contribution in [-0.2, 0) is 4.74 Å². The summed E-state index contributed by atoms with van der Waals surface area (Å²) in [6.07, 6.45) is 0.261. The SMILES string of the molecule is CC(O)CCN(C)C(=O)N1CCOCC1. The van der Waals surface area contributed by atoms with Crippen molar-refractivity contribution in [3.8, 4) is 0 Å². The topological polar surface area (TPSA) is 53.0 Å². The number of ether oxygens (including phenoxy) is 1. The van der Waals surface area contributed by atoms with Crippen LogP contribution in [0.3, 0.4) is 0 Å². The summed E-state index contributed by atoms with van der Waals surface area (Å²) in [6, 6.07) is 0.0268. The molecule has 0 aromatic carbocycles. The predicted octanol–water partition coefficient (Wildman–Crippen LogP) is 0.141. The summed E-state index contributed by atoms with van der Waals surface area (Å²) < 4.78 is 5.18. The molecule has 15 heavy (non-hydrogen) atoms. The summed E-state index contributed by atoms with van der Waals surface area (Å²) in [6.45, 7) is 4.89. The minimum Gasteiger partial charge on any atom is -0.393 e. The Kier molecular flexibility index (Phi) is 4.84. The molecule has 0 aromatic heterocycles. The zero-order valence-corrected chi connectivity index (χ0v) is 9.48. The monoisotopic (exact) mass is 216 g/mol. The molecular formula is C10H20N2O3. The number of carbonyl (C=O) groups excluding carboxylic acids is 1. The van der Waals surface area contributed by atoms with E-state index in [1.807, 2.05) is 0 Å². The van der Waals surface area contributed by atoms with Crippen molar-refractivity contribution < 1.29 is 14.6 Å². The van der Waals surface area contributed by atoms with Gasteiger partial charge in [0.25, 0.3) is 0 Å². The predicted molar refractivity (Wildman–Crippen MR) is 56.7 cm³/mol. The lowest BCUT2D eigenvalue weighted by atomic mass is 10.3. The van der Waals surface area contributed by atoms with Gasteiger partial charge in [-0.3, -0.25) is 0 Å². The first-order chi connectivity index (χ1) is 7.11. The number of aliphatic hydroxyl groups is 1. The number of aliphatic hydroxyl groups excluding tert-OH is 1. The number of rotatable bonds is 3. The van der Waals surface area contributed by atoms with Crippen molar-refractivity contribution in [1.82, 2.24) is 9.80 Å². The van der Waals surface area contributed by atoms with Crippen molar-refractivity contribution >= 4 is 6.03 Å². The van der Waals surface area contributed by atoms with Gasteiger partial charge in [-0.05, 0) is 13.3 Å². The second-order valence-electron chi connectivity index (χ2n) is 3.94. The quantitative estimate of drug-likeness (QED) is 0.730. The summed E-state index contributed by atoms with van der Waals surface area (Å²) in [5.41, 5.74) is 0. The van der Waals surface area contributed by atoms with Crippen molar-refractivity contribution in [2.75, 3.05) is 39.9 Å². The maximum atomic E-state index is 11.8. The molecule has 1 aliphatic rings. The second-order valence-corrected chi connectivity index (χ2v) is 3.94. The first-order valence-electron chi connectivity index (χ1n) is 5.37. The highest BCUT2D eigenvalue weighted by Crippen LogP contribution is 2.03. The fourth-order valence-electron chi connectivity index (χ4n) is 1.47. The molecule has 0 aliphatic carbocycles. The number of urea groups is 1. The number of carbonyl (C=O) groups is 1. The molecular weight excluding hydrogens is 196 g/mol. The minimum absolute atomic E-state index is 0.0268. The summed E-state index contributed by atoms with van der Waals surface area (Å²) >= 11 is 0. The average Bonchev–Trinajstić information content (AvgIpc) is 2.26. The molecule has 0 spiro atoms. The van der Waals surface area contributed by atoms with Crippen LogP contribution >= 0.6 is 0 Å². The Balaban J connectivity index is 2.30. The molecule has 0 radical (unpaired) electrons. The van der Waals surface area contributed by atoms with Gasteiger partial charge in [-0.2, -0.15) is 0 Å². The Bertz CT molecular complexity index is 203. The lowest BCUT2D eigenvalue weighted by Gasteiger charge is -2.31. The number of morpholine rings is 1. The van der Waals surface area contributed by atoms with Gasteiger partial charge < -0.3 is 19.6 Å². The second kappa shape index (κ2) is 5.92. The van der Waals surface area contributed by atoms with E-state index < -0.39 is 0 Å². The van der Waals surface area contributed by atoms with Crippen LogP contribution in [0.4, 0.5) is 4.79 Å². The maximum Gasteiger partial charge on any atom is 0.319 e. The summed E-state index contributed by atoms with van der Waals surface area (Å²) in [5.74, 6) is 0. The zero-order chi connectivity index (χ0) is 11.3. The normalized spacial score (nSPS) is 18.7. The van der Waals surface area contributed by atoms with Crippen molar-refractivity contribution in [1.29, 1.82) is 0 Å². The fourth-order valence-corrected chi connectivity index (χ4v) is 1.47. The third-order valence-electron chi connectivity index (χ3n) is 2.49. The summed E-state index contributed by atoms with van der Waals surface area (Å²) in [5, 5.41) is 9.12. The molecule has 5 nitrogen and oxygen atoms in total. The third kappa shape index (κ3) is 4.05. The van der Waals surface area contributed by atoms with Crippen molar-refractivity contribution in [2.45, 2.75) is 19.4 Å². The van der Waals surface area contributed by atoms with E-state index in [2.05, 4.69) is 0 Å². The van der Waals surface area contributed by atoms with Gasteiger partial charge >= 0.3 is 6.03 Å². The zero-order valence-electron chi connectivity index (χ0n) is 9.48. The fraction of sp³-hybridized carbons (Fsp3) is 0.900. The molecule has 5 heteroatoms. The molecule has 1 atom stereocenters. The van der Waals surface area contributed by atoms with Gasteiger partial charge in [0.1, 0.15) is 0 Å². The first kappa shape index (κ1) is 12.3. The van der Waals surface area contributed by atoms with Crippen LogP contribution in [0, 0.1) is 0 Å². The van der Waals surface area contributed by atoms with E-state index in [0.717, 1.165) is 0 Å². The minimum atomic E-state index is -0.357. The molecule has 0 saturated carbocycles. The van der Waals surface area contributed by atoms with Crippen molar-refractivity contribution in [3.63, 3.8) is 0 Å². The van der Waals surface area contributed by atoms with Crippen LogP contribution in [0.2, 0.25) is 0 Å². The molecule has 0 aromatic rings. The van der Waals surface area contributed by atoms with Crippen LogP contribution in [-0.4, -0.2) is 66.9 Å². The van der Waals surface area contributed by atoms with Crippen LogP contribution in [0.5, 0.6) is 0 Å². The number of amides is 2. The molecule has 1 saturated heterocycles. The van der Waals surface area contributed by atoms with Crippen LogP contribution in [0.1, 0.15) is 13.3 Å². The molecule has 88 valence electrons. The molecule has 2 amide bonds. The molecule has 1 heterocycles. The molecule has 1 rings (SSSR count). The van der Waals surface area contributed by atoms with E-state index in [4.69, 9.17) is 9.84 Å². The third-order valence-corrected chi connectivity index (χ3v) is 2.49. The standard InChI is InChI=1S/C10H20N2O3/c1-9(13)3-4-11(2)10(14)12-5-7-15-8-6-12/h9,13H,3-8H2,1-2H3. The van der Waals surface area contributed by atoms with E-state index in [1.165, 1.54) is 0 Å². The lowest BCUT2D eigenvalue weighted by Crippen LogP contribution is -2.47. The lowest BCUT2D eigenvalue weighted by molar-refractivity contribution is 0.0443. The van der Waals surface area contributed by atoms with E-state index in [9.17, 15) is 4.79 Å². The van der Waals surface area contributed by atoms with Gasteiger partial charge in [-0.15, -0.1) is 0 Å². The highest BCUT2D eigenvalue weighted by molar-refractivity contribution is 5.74. The Labute approximate surface area is 90.6 Å². The van der Waals surface area contributed by atoms with Crippen LogP contribution in [0.15, 0.2) is 0 Å². The molecule has 0 bridgehead atoms. The number of nitrogens with zero attached hydrogens (tertiary/aromatic N) is 2. The van der Waals surface area contributed by atoms with E-state index in [1.54, 1.807) is 23.8 Å². The van der Waals surface area contributed by atoms with E-state index in [-0.39, 0.29) is 12.1 Å². The highest BCUT2D eigenvalue weighted by atomic mass is 16.5. The summed E-state index contributed by atoms with van der Waals surface area (Å²) in [7, 11) is 1.76. The van der Waals surface area contributed by atoms with Gasteiger partial charge in [0.05, 0.1) is 19.3 Å². The highest BCUT2D eigenvalue weighted by Gasteiger charge is 2.20. The molecule has 1 unspecified atom stereocenters. The van der Waals surface area contributed by atoms with Gasteiger partial charge in [-0.25, -0.2) is 4.79 Å². The van der Waals surface area contributed by atoms with Gasteiger partial charge in [0.15, 0.2) is 0 Å². The van der Waals surface area contributed by atoms with Gasteiger partial charge in [0, 0.05) is 26.7 Å². The number of hydrogen-bond acceptors (Lipinski definition) is 3. The Morgan fingerprint density at radius 2 is 2.13 bits per heavy atom. The first-order valence-corrected chi connectivity index (χ1v) is 5.37. The molecule has 1 aliphatic heterocycles. The smallest absolute Gasteiger partial charge is 0.319 e. The Morgan fingerprint density at radius 1 is 1.53 bits per heavy atom. The van der Waals surface area contributed by atoms with Gasteiger partial charge in [-0.1, -0.05) is 0 Å². The molecule has 1 fully saturated rings. The van der Waals surface area contributed by atoms with Crippen molar-refractivity contribution in [3.05, 3.63) is 0 Å². The average molecular weight is 216 g/mol. The Hall–Kier alpha value is -0.810. The maximum absolute atomic E-state index is 11.8. The van der Waals surface area contributed by atoms with Gasteiger partial charge in [0.2, 0.25) is 0 Å². The Morgan fingerprint density at radius 3 is 2.67 bits per heavy atom.